The predicted octanol–water partition coefficient (Wildman–Crippen LogP) is 2.02. The summed E-state index contributed by atoms with van der Waals surface area (Å²) in [5, 5.41) is 2.99. The van der Waals surface area contributed by atoms with E-state index in [2.05, 4.69) is 5.32 Å². The number of carbonyl (C=O) groups is 2. The lowest BCUT2D eigenvalue weighted by molar-refractivity contribution is -0.137. The molecule has 4 atom stereocenters. The SMILES string of the molecule is COc1ccc(CNC(=O)C2C3C=C[C@@]4(CN(Cc5ccc6c(c5)OCO6)C(=O)C24)O3)cc1. The maximum absolute atomic E-state index is 13.4. The van der Waals surface area contributed by atoms with E-state index in [0.717, 1.165) is 16.9 Å². The number of ether oxygens (including phenoxy) is 4. The van der Waals surface area contributed by atoms with Gasteiger partial charge in [0.15, 0.2) is 11.5 Å². The summed E-state index contributed by atoms with van der Waals surface area (Å²) in [5.41, 5.74) is 1.17. The Morgan fingerprint density at radius 3 is 2.76 bits per heavy atom. The molecule has 1 spiro atoms. The molecular weight excluding hydrogens is 424 g/mol. The molecule has 1 N–H and O–H groups in total. The van der Waals surface area contributed by atoms with Gasteiger partial charge in [-0.2, -0.15) is 0 Å². The first-order chi connectivity index (χ1) is 16.1. The molecular formula is C25H24N2O6. The number of hydrogen-bond donors (Lipinski definition) is 1. The molecule has 4 heterocycles. The van der Waals surface area contributed by atoms with Crippen molar-refractivity contribution in [2.75, 3.05) is 20.4 Å². The average Bonchev–Trinajstić information content (AvgIpc) is 3.59. The van der Waals surface area contributed by atoms with Crippen LogP contribution in [-0.4, -0.2) is 48.9 Å². The molecule has 33 heavy (non-hydrogen) atoms. The van der Waals surface area contributed by atoms with Crippen molar-refractivity contribution in [3.63, 3.8) is 0 Å². The van der Waals surface area contributed by atoms with Gasteiger partial charge >= 0.3 is 0 Å². The van der Waals surface area contributed by atoms with E-state index in [9.17, 15) is 9.59 Å². The van der Waals surface area contributed by atoms with E-state index < -0.39 is 17.4 Å². The second-order valence-electron chi connectivity index (χ2n) is 8.85. The monoisotopic (exact) mass is 448 g/mol. The van der Waals surface area contributed by atoms with E-state index in [4.69, 9.17) is 18.9 Å². The van der Waals surface area contributed by atoms with E-state index in [0.29, 0.717) is 31.1 Å². The summed E-state index contributed by atoms with van der Waals surface area (Å²) in [7, 11) is 1.61. The third kappa shape index (κ3) is 3.24. The first-order valence-corrected chi connectivity index (χ1v) is 11.0. The van der Waals surface area contributed by atoms with Crippen LogP contribution in [0.3, 0.4) is 0 Å². The molecule has 4 aliphatic rings. The van der Waals surface area contributed by atoms with Gasteiger partial charge in [0.05, 0.1) is 31.6 Å². The first-order valence-electron chi connectivity index (χ1n) is 11.0. The lowest BCUT2D eigenvalue weighted by Crippen LogP contribution is -2.43. The molecule has 2 bridgehead atoms. The Labute approximate surface area is 191 Å². The summed E-state index contributed by atoms with van der Waals surface area (Å²) in [6.45, 7) is 1.44. The number of hydrogen-bond acceptors (Lipinski definition) is 6. The zero-order chi connectivity index (χ0) is 22.6. The third-order valence-corrected chi connectivity index (χ3v) is 6.92. The highest BCUT2D eigenvalue weighted by Crippen LogP contribution is 2.52. The van der Waals surface area contributed by atoms with Crippen molar-refractivity contribution >= 4 is 11.8 Å². The van der Waals surface area contributed by atoms with Crippen LogP contribution in [0.25, 0.3) is 0 Å². The van der Waals surface area contributed by atoms with E-state index in [1.807, 2.05) is 54.6 Å². The molecule has 8 nitrogen and oxygen atoms in total. The highest BCUT2D eigenvalue weighted by atomic mass is 16.7. The highest BCUT2D eigenvalue weighted by molar-refractivity contribution is 5.93. The van der Waals surface area contributed by atoms with Crippen LogP contribution >= 0.6 is 0 Å². The van der Waals surface area contributed by atoms with Gasteiger partial charge in [0.2, 0.25) is 18.6 Å². The van der Waals surface area contributed by atoms with E-state index in [1.54, 1.807) is 12.0 Å². The topological polar surface area (TPSA) is 86.3 Å². The minimum Gasteiger partial charge on any atom is -0.497 e. The first kappa shape index (κ1) is 20.1. The van der Waals surface area contributed by atoms with Crippen LogP contribution in [0.2, 0.25) is 0 Å². The molecule has 0 aromatic heterocycles. The van der Waals surface area contributed by atoms with Gasteiger partial charge in [-0.25, -0.2) is 0 Å². The Morgan fingerprint density at radius 2 is 1.94 bits per heavy atom. The van der Waals surface area contributed by atoms with Gasteiger partial charge in [-0.15, -0.1) is 0 Å². The van der Waals surface area contributed by atoms with Gasteiger partial charge in [0.1, 0.15) is 11.4 Å². The zero-order valence-electron chi connectivity index (χ0n) is 18.2. The number of amides is 2. The molecule has 0 radical (unpaired) electrons. The summed E-state index contributed by atoms with van der Waals surface area (Å²) in [4.78, 5) is 28.4. The Hall–Kier alpha value is -3.52. The molecule has 0 saturated carbocycles. The smallest absolute Gasteiger partial charge is 0.231 e. The van der Waals surface area contributed by atoms with Gasteiger partial charge in [-0.1, -0.05) is 30.4 Å². The van der Waals surface area contributed by atoms with Crippen LogP contribution in [0.1, 0.15) is 11.1 Å². The molecule has 0 aliphatic carbocycles. The van der Waals surface area contributed by atoms with Gasteiger partial charge in [-0.3, -0.25) is 9.59 Å². The number of nitrogens with one attached hydrogen (secondary N) is 1. The average molecular weight is 448 g/mol. The van der Waals surface area contributed by atoms with Gasteiger partial charge in [-0.05, 0) is 35.4 Å². The van der Waals surface area contributed by atoms with Crippen molar-refractivity contribution in [3.05, 3.63) is 65.7 Å². The molecule has 2 aromatic carbocycles. The second-order valence-corrected chi connectivity index (χ2v) is 8.85. The van der Waals surface area contributed by atoms with Gasteiger partial charge in [0.25, 0.3) is 0 Å². The van der Waals surface area contributed by atoms with Crippen molar-refractivity contribution in [2.45, 2.75) is 24.8 Å². The minimum atomic E-state index is -0.736. The van der Waals surface area contributed by atoms with Crippen LogP contribution in [0.15, 0.2) is 54.6 Å². The third-order valence-electron chi connectivity index (χ3n) is 6.92. The summed E-state index contributed by atoms with van der Waals surface area (Å²) in [6, 6.07) is 13.2. The Kier molecular flexibility index (Phi) is 4.58. The van der Waals surface area contributed by atoms with E-state index >= 15 is 0 Å². The Balaban J connectivity index is 1.16. The minimum absolute atomic E-state index is 0.0517. The van der Waals surface area contributed by atoms with Crippen molar-refractivity contribution in [1.29, 1.82) is 0 Å². The number of fused-ring (bicyclic) bond motifs is 2. The number of rotatable bonds is 6. The largest absolute Gasteiger partial charge is 0.497 e. The van der Waals surface area contributed by atoms with Crippen LogP contribution in [-0.2, 0) is 27.4 Å². The van der Waals surface area contributed by atoms with E-state index in [-0.39, 0.29) is 24.7 Å². The molecule has 8 heteroatoms. The maximum atomic E-state index is 13.4. The molecule has 2 saturated heterocycles. The normalized spacial score (nSPS) is 28.3. The molecule has 6 rings (SSSR count). The van der Waals surface area contributed by atoms with E-state index in [1.165, 1.54) is 0 Å². The fourth-order valence-corrected chi connectivity index (χ4v) is 5.32. The molecule has 2 fully saturated rings. The lowest BCUT2D eigenvalue weighted by Gasteiger charge is -2.23. The fraction of sp³-hybridized carbons (Fsp3) is 0.360. The van der Waals surface area contributed by atoms with Crippen LogP contribution in [0, 0.1) is 11.8 Å². The van der Waals surface area contributed by atoms with Crippen LogP contribution in [0.5, 0.6) is 17.2 Å². The fourth-order valence-electron chi connectivity index (χ4n) is 5.32. The summed E-state index contributed by atoms with van der Waals surface area (Å²) < 4.78 is 22.2. The Bertz CT molecular complexity index is 1150. The van der Waals surface area contributed by atoms with Crippen molar-refractivity contribution in [3.8, 4) is 17.2 Å². The van der Waals surface area contributed by atoms with Crippen molar-refractivity contribution in [2.24, 2.45) is 11.8 Å². The number of likely N-dealkylation sites (tertiary alicyclic amines) is 1. The maximum Gasteiger partial charge on any atom is 0.231 e. The number of nitrogens with zero attached hydrogens (tertiary/aromatic N) is 1. The second kappa shape index (κ2) is 7.52. The number of benzene rings is 2. The predicted molar refractivity (Wildman–Crippen MR) is 117 cm³/mol. The lowest BCUT2D eigenvalue weighted by atomic mass is 9.77. The summed E-state index contributed by atoms with van der Waals surface area (Å²) in [5.74, 6) is 0.887. The summed E-state index contributed by atoms with van der Waals surface area (Å²) >= 11 is 0. The Morgan fingerprint density at radius 1 is 1.15 bits per heavy atom. The summed E-state index contributed by atoms with van der Waals surface area (Å²) in [6.07, 6.45) is 3.51. The standard InChI is InChI=1S/C25H24N2O6/c1-30-17-5-2-15(3-6-17)11-26-23(28)21-19-8-9-25(33-19)13-27(24(29)22(21)25)12-16-4-7-18-20(10-16)32-14-31-18/h2-10,19,21-22H,11-14H2,1H3,(H,26,28)/t19?,21?,22?,25-/m0/s1. The molecule has 2 amide bonds. The zero-order valence-corrected chi connectivity index (χ0v) is 18.2. The highest BCUT2D eigenvalue weighted by Gasteiger charge is 2.66. The van der Waals surface area contributed by atoms with Gasteiger partial charge < -0.3 is 29.2 Å². The number of carbonyl (C=O) groups excluding carboxylic acids is 2. The van der Waals surface area contributed by atoms with Crippen LogP contribution in [0.4, 0.5) is 0 Å². The molecule has 3 unspecified atom stereocenters. The molecule has 170 valence electrons. The van der Waals surface area contributed by atoms with Crippen molar-refractivity contribution < 1.29 is 28.5 Å². The molecule has 4 aliphatic heterocycles. The van der Waals surface area contributed by atoms with Crippen LogP contribution < -0.4 is 19.5 Å². The molecule has 2 aromatic rings. The quantitative estimate of drug-likeness (QED) is 0.681. The van der Waals surface area contributed by atoms with Gasteiger partial charge in [0, 0.05) is 13.1 Å². The van der Waals surface area contributed by atoms with Crippen molar-refractivity contribution in [1.82, 2.24) is 10.2 Å². The number of methoxy groups -OCH3 is 1.